The Labute approximate surface area is 112 Å². The quantitative estimate of drug-likeness (QED) is 0.865. The zero-order chi connectivity index (χ0) is 13.1. The molecule has 2 aromatic rings. The van der Waals surface area contributed by atoms with E-state index in [9.17, 15) is 0 Å². The van der Waals surface area contributed by atoms with Crippen LogP contribution in [-0.4, -0.2) is 11.2 Å². The van der Waals surface area contributed by atoms with Gasteiger partial charge in [0.1, 0.15) is 23.8 Å². The molecule has 1 saturated carbocycles. The van der Waals surface area contributed by atoms with E-state index in [1.165, 1.54) is 18.4 Å². The Hall–Kier alpha value is -1.81. The van der Waals surface area contributed by atoms with E-state index in [1.54, 1.807) is 0 Å². The highest BCUT2D eigenvalue weighted by Crippen LogP contribution is 2.20. The maximum atomic E-state index is 5.72. The molecule has 1 heterocycles. The fraction of sp³-hybridized carbons (Fsp3) is 0.400. The molecule has 19 heavy (non-hydrogen) atoms. The van der Waals surface area contributed by atoms with Crippen LogP contribution in [0.4, 0.5) is 0 Å². The molecule has 1 aromatic heterocycles. The van der Waals surface area contributed by atoms with Crippen LogP contribution in [0.5, 0.6) is 5.75 Å². The second-order valence-corrected chi connectivity index (χ2v) is 5.02. The molecule has 1 aliphatic rings. The molecule has 0 atom stereocenters. The van der Waals surface area contributed by atoms with Gasteiger partial charge in [0.25, 0.3) is 0 Å². The summed E-state index contributed by atoms with van der Waals surface area (Å²) in [5.74, 6) is 1.68. The molecule has 0 bridgehead atoms. The number of hydrogen-bond donors (Lipinski definition) is 1. The molecule has 0 aliphatic heterocycles. The number of nitrogens with zero attached hydrogens (tertiary/aromatic N) is 1. The summed E-state index contributed by atoms with van der Waals surface area (Å²) in [6.45, 7) is 3.22. The summed E-state index contributed by atoms with van der Waals surface area (Å²) in [6, 6.07) is 10.8. The molecule has 1 aliphatic carbocycles. The topological polar surface area (TPSA) is 47.3 Å². The Kier molecular flexibility index (Phi) is 3.51. The smallest absolute Gasteiger partial charge is 0.134 e. The summed E-state index contributed by atoms with van der Waals surface area (Å²) in [7, 11) is 0. The van der Waals surface area contributed by atoms with Crippen molar-refractivity contribution in [2.75, 3.05) is 0 Å². The van der Waals surface area contributed by atoms with Crippen molar-refractivity contribution in [1.82, 2.24) is 10.5 Å². The van der Waals surface area contributed by atoms with Gasteiger partial charge in [-0.25, -0.2) is 0 Å². The first kappa shape index (κ1) is 12.2. The van der Waals surface area contributed by atoms with Crippen molar-refractivity contribution in [1.29, 1.82) is 0 Å². The highest BCUT2D eigenvalue weighted by Gasteiger charge is 2.19. The number of benzene rings is 1. The molecule has 0 spiro atoms. The van der Waals surface area contributed by atoms with E-state index in [0.29, 0.717) is 6.61 Å². The van der Waals surface area contributed by atoms with Crippen molar-refractivity contribution in [3.63, 3.8) is 0 Å². The van der Waals surface area contributed by atoms with Crippen molar-refractivity contribution < 1.29 is 9.26 Å². The minimum atomic E-state index is 0.441. The minimum Gasteiger partial charge on any atom is -0.487 e. The largest absolute Gasteiger partial charge is 0.487 e. The SMILES string of the molecule is Cc1cc(COc2cccc(CNC3CC3)c2)no1. The van der Waals surface area contributed by atoms with Gasteiger partial charge < -0.3 is 14.6 Å². The lowest BCUT2D eigenvalue weighted by Crippen LogP contribution is -2.15. The summed E-state index contributed by atoms with van der Waals surface area (Å²) in [6.07, 6.45) is 2.61. The van der Waals surface area contributed by atoms with Crippen molar-refractivity contribution in [3.05, 3.63) is 47.3 Å². The maximum absolute atomic E-state index is 5.72. The third kappa shape index (κ3) is 3.58. The lowest BCUT2D eigenvalue weighted by atomic mass is 10.2. The van der Waals surface area contributed by atoms with E-state index in [4.69, 9.17) is 9.26 Å². The molecular weight excluding hydrogens is 240 g/mol. The van der Waals surface area contributed by atoms with Crippen molar-refractivity contribution in [3.8, 4) is 5.75 Å². The molecule has 0 amide bonds. The number of aryl methyl sites for hydroxylation is 1. The Morgan fingerprint density at radius 3 is 3.00 bits per heavy atom. The van der Waals surface area contributed by atoms with Gasteiger partial charge in [0.05, 0.1) is 0 Å². The first-order valence-electron chi connectivity index (χ1n) is 6.67. The van der Waals surface area contributed by atoms with E-state index >= 15 is 0 Å². The van der Waals surface area contributed by atoms with Gasteiger partial charge in [-0.1, -0.05) is 17.3 Å². The first-order valence-corrected chi connectivity index (χ1v) is 6.67. The summed E-state index contributed by atoms with van der Waals surface area (Å²) in [4.78, 5) is 0. The van der Waals surface area contributed by atoms with Crippen LogP contribution in [0.3, 0.4) is 0 Å². The van der Waals surface area contributed by atoms with Crippen LogP contribution >= 0.6 is 0 Å². The van der Waals surface area contributed by atoms with Gasteiger partial charge >= 0.3 is 0 Å². The lowest BCUT2D eigenvalue weighted by Gasteiger charge is -2.07. The number of rotatable bonds is 6. The maximum Gasteiger partial charge on any atom is 0.134 e. The number of nitrogens with one attached hydrogen (secondary N) is 1. The number of ether oxygens (including phenoxy) is 1. The van der Waals surface area contributed by atoms with Crippen molar-refractivity contribution >= 4 is 0 Å². The molecule has 4 heteroatoms. The zero-order valence-electron chi connectivity index (χ0n) is 11.1. The Balaban J connectivity index is 1.55. The summed E-state index contributed by atoms with van der Waals surface area (Å²) in [5.41, 5.74) is 2.07. The minimum absolute atomic E-state index is 0.441. The van der Waals surface area contributed by atoms with Gasteiger partial charge in [0.2, 0.25) is 0 Å². The molecule has 100 valence electrons. The normalized spacial score (nSPS) is 14.6. The zero-order valence-corrected chi connectivity index (χ0v) is 11.1. The van der Waals surface area contributed by atoms with Gasteiger partial charge in [-0.05, 0) is 37.5 Å². The Bertz CT molecular complexity index is 547. The van der Waals surface area contributed by atoms with Crippen LogP contribution < -0.4 is 10.1 Å². The van der Waals surface area contributed by atoms with Gasteiger partial charge in [0.15, 0.2) is 0 Å². The van der Waals surface area contributed by atoms with Crippen LogP contribution in [0.2, 0.25) is 0 Å². The van der Waals surface area contributed by atoms with E-state index in [-0.39, 0.29) is 0 Å². The van der Waals surface area contributed by atoms with Crippen molar-refractivity contribution in [2.24, 2.45) is 0 Å². The fourth-order valence-electron chi connectivity index (χ4n) is 1.94. The second kappa shape index (κ2) is 5.45. The lowest BCUT2D eigenvalue weighted by molar-refractivity contribution is 0.287. The van der Waals surface area contributed by atoms with Gasteiger partial charge in [-0.15, -0.1) is 0 Å². The Morgan fingerprint density at radius 2 is 2.26 bits per heavy atom. The van der Waals surface area contributed by atoms with Crippen LogP contribution in [-0.2, 0) is 13.2 Å². The summed E-state index contributed by atoms with van der Waals surface area (Å²) >= 11 is 0. The highest BCUT2D eigenvalue weighted by atomic mass is 16.5. The van der Waals surface area contributed by atoms with Crippen molar-refractivity contribution in [2.45, 2.75) is 39.0 Å². The molecule has 0 radical (unpaired) electrons. The van der Waals surface area contributed by atoms with E-state index < -0.39 is 0 Å². The van der Waals surface area contributed by atoms with E-state index in [0.717, 1.165) is 29.8 Å². The third-order valence-corrected chi connectivity index (χ3v) is 3.13. The Morgan fingerprint density at radius 1 is 1.37 bits per heavy atom. The second-order valence-electron chi connectivity index (χ2n) is 5.02. The molecule has 0 saturated heterocycles. The number of aromatic nitrogens is 1. The highest BCUT2D eigenvalue weighted by molar-refractivity contribution is 5.28. The number of hydrogen-bond acceptors (Lipinski definition) is 4. The third-order valence-electron chi connectivity index (χ3n) is 3.13. The van der Waals surface area contributed by atoms with E-state index in [1.807, 2.05) is 25.1 Å². The average Bonchev–Trinajstić information content (AvgIpc) is 3.16. The van der Waals surface area contributed by atoms with Crippen LogP contribution in [0.15, 0.2) is 34.9 Å². The van der Waals surface area contributed by atoms with Crippen LogP contribution in [0.1, 0.15) is 29.9 Å². The molecular formula is C15H18N2O2. The summed E-state index contributed by atoms with van der Waals surface area (Å²) in [5, 5.41) is 7.40. The predicted octanol–water partition coefficient (Wildman–Crippen LogP) is 2.81. The fourth-order valence-corrected chi connectivity index (χ4v) is 1.94. The summed E-state index contributed by atoms with van der Waals surface area (Å²) < 4.78 is 10.7. The molecule has 1 aromatic carbocycles. The average molecular weight is 258 g/mol. The molecule has 1 fully saturated rings. The van der Waals surface area contributed by atoms with Gasteiger partial charge in [-0.2, -0.15) is 0 Å². The standard InChI is InChI=1S/C15H18N2O2/c1-11-7-14(17-19-11)10-18-15-4-2-3-12(8-15)9-16-13-5-6-13/h2-4,7-8,13,16H,5-6,9-10H2,1H3. The van der Waals surface area contributed by atoms with Gasteiger partial charge in [-0.3, -0.25) is 0 Å². The van der Waals surface area contributed by atoms with E-state index in [2.05, 4.69) is 22.6 Å². The molecule has 4 nitrogen and oxygen atoms in total. The monoisotopic (exact) mass is 258 g/mol. The molecule has 3 rings (SSSR count). The van der Waals surface area contributed by atoms with Gasteiger partial charge in [0, 0.05) is 18.7 Å². The predicted molar refractivity (Wildman–Crippen MR) is 71.9 cm³/mol. The first-order chi connectivity index (χ1) is 9.29. The molecule has 1 N–H and O–H groups in total. The van der Waals surface area contributed by atoms with Crippen LogP contribution in [0.25, 0.3) is 0 Å². The molecule has 0 unspecified atom stereocenters. The van der Waals surface area contributed by atoms with Crippen LogP contribution in [0, 0.1) is 6.92 Å².